The highest BCUT2D eigenvalue weighted by molar-refractivity contribution is 6.35. The molecule has 0 aliphatic heterocycles. The minimum Gasteiger partial charge on any atom is -0.491 e. The van der Waals surface area contributed by atoms with Crippen molar-refractivity contribution >= 4 is 36.9 Å². The van der Waals surface area contributed by atoms with E-state index in [0.717, 1.165) is 0 Å². The van der Waals surface area contributed by atoms with Crippen LogP contribution in [-0.2, 0) is 9.39 Å². The van der Waals surface area contributed by atoms with Crippen molar-refractivity contribution in [1.29, 1.82) is 0 Å². The molecule has 0 aliphatic rings. The number of hydrogen-bond donors (Lipinski definition) is 2. The van der Waals surface area contributed by atoms with Crippen molar-refractivity contribution in [3.8, 4) is 11.5 Å². The van der Waals surface area contributed by atoms with Crippen LogP contribution in [0, 0.1) is 0 Å². The van der Waals surface area contributed by atoms with E-state index in [-0.39, 0.29) is 13.2 Å². The molecule has 7 nitrogen and oxygen atoms in total. The summed E-state index contributed by atoms with van der Waals surface area (Å²) in [5, 5.41) is 6.22. The first-order chi connectivity index (χ1) is 12.2. The number of benzene rings is 1. The molecule has 1 aromatic rings. The molecule has 0 saturated heterocycles. The molecule has 1 aromatic carbocycles. The average Bonchev–Trinajstić information content (AvgIpc) is 2.53. The SMILES string of the molecule is CO[B]NCCOc1cc(Cl)c(OCCNC(=O)OC(C)(C)C)cc1Cl. The van der Waals surface area contributed by atoms with Gasteiger partial charge in [0, 0.05) is 25.8 Å². The Hall–Kier alpha value is -1.35. The van der Waals surface area contributed by atoms with Gasteiger partial charge in [-0.15, -0.1) is 0 Å². The molecule has 0 fully saturated rings. The van der Waals surface area contributed by atoms with Gasteiger partial charge >= 0.3 is 13.7 Å². The summed E-state index contributed by atoms with van der Waals surface area (Å²) in [6.45, 7) is 6.79. The maximum atomic E-state index is 11.5. The van der Waals surface area contributed by atoms with Crippen molar-refractivity contribution in [2.75, 3.05) is 33.4 Å². The lowest BCUT2D eigenvalue weighted by Gasteiger charge is -2.19. The highest BCUT2D eigenvalue weighted by Crippen LogP contribution is 2.35. The third-order valence-corrected chi connectivity index (χ3v) is 3.31. The highest BCUT2D eigenvalue weighted by Gasteiger charge is 2.15. The fourth-order valence-corrected chi connectivity index (χ4v) is 2.14. The Balaban J connectivity index is 2.41. The minimum atomic E-state index is -0.547. The van der Waals surface area contributed by atoms with Crippen LogP contribution in [-0.4, -0.2) is 52.7 Å². The molecule has 0 aromatic heterocycles. The van der Waals surface area contributed by atoms with Gasteiger partial charge in [0.15, 0.2) is 0 Å². The fraction of sp³-hybridized carbons (Fsp3) is 0.562. The summed E-state index contributed by atoms with van der Waals surface area (Å²) in [7, 11) is 3.01. The molecule has 0 heterocycles. The molecule has 0 saturated carbocycles. The van der Waals surface area contributed by atoms with E-state index in [4.69, 9.17) is 42.1 Å². The Morgan fingerprint density at radius 1 is 1.08 bits per heavy atom. The lowest BCUT2D eigenvalue weighted by Crippen LogP contribution is -2.34. The third-order valence-electron chi connectivity index (χ3n) is 2.72. The summed E-state index contributed by atoms with van der Waals surface area (Å²) in [5.74, 6) is 0.857. The van der Waals surface area contributed by atoms with Crippen LogP contribution in [0.4, 0.5) is 4.79 Å². The predicted octanol–water partition coefficient (Wildman–Crippen LogP) is 3.05. The van der Waals surface area contributed by atoms with Crippen LogP contribution in [0.25, 0.3) is 0 Å². The van der Waals surface area contributed by atoms with E-state index in [1.54, 1.807) is 40.0 Å². The van der Waals surface area contributed by atoms with Gasteiger partial charge in [0.25, 0.3) is 0 Å². The van der Waals surface area contributed by atoms with Gasteiger partial charge in [-0.05, 0) is 20.8 Å². The molecule has 0 atom stereocenters. The first-order valence-electron chi connectivity index (χ1n) is 8.02. The summed E-state index contributed by atoms with van der Waals surface area (Å²) < 4.78 is 20.9. The van der Waals surface area contributed by atoms with Crippen molar-refractivity contribution in [3.63, 3.8) is 0 Å². The van der Waals surface area contributed by atoms with Crippen molar-refractivity contribution in [3.05, 3.63) is 22.2 Å². The molecule has 26 heavy (non-hydrogen) atoms. The Kier molecular flexibility index (Phi) is 9.94. The van der Waals surface area contributed by atoms with Crippen molar-refractivity contribution in [1.82, 2.24) is 10.5 Å². The summed E-state index contributed by atoms with van der Waals surface area (Å²) in [6.07, 6.45) is -0.506. The summed E-state index contributed by atoms with van der Waals surface area (Å²) in [6, 6.07) is 3.15. The maximum Gasteiger partial charge on any atom is 0.407 e. The first kappa shape index (κ1) is 22.7. The van der Waals surface area contributed by atoms with E-state index in [0.29, 0.717) is 34.7 Å². The largest absolute Gasteiger partial charge is 0.491 e. The van der Waals surface area contributed by atoms with Crippen LogP contribution in [0.2, 0.25) is 10.0 Å². The van der Waals surface area contributed by atoms with Crippen LogP contribution < -0.4 is 20.0 Å². The second-order valence-electron chi connectivity index (χ2n) is 6.15. The number of halogens is 2. The molecule has 145 valence electrons. The van der Waals surface area contributed by atoms with Crippen LogP contribution in [0.3, 0.4) is 0 Å². The van der Waals surface area contributed by atoms with Crippen LogP contribution in [0.15, 0.2) is 12.1 Å². The van der Waals surface area contributed by atoms with E-state index >= 15 is 0 Å². The summed E-state index contributed by atoms with van der Waals surface area (Å²) >= 11 is 12.3. The standard InChI is InChI=1S/C16H24BCl2N2O5/c1-16(2,3)26-15(22)20-5-7-24-13-9-12(19)14(10-11(13)18)25-8-6-21-17-23-4/h9-10,21H,5-8H2,1-4H3,(H,20,22). The molecule has 1 radical (unpaired) electrons. The predicted molar refractivity (Wildman–Crippen MR) is 102 cm³/mol. The van der Waals surface area contributed by atoms with E-state index in [1.807, 2.05) is 0 Å². The number of nitrogens with one attached hydrogen (secondary N) is 2. The van der Waals surface area contributed by atoms with Gasteiger partial charge in [-0.1, -0.05) is 23.2 Å². The van der Waals surface area contributed by atoms with Crippen LogP contribution in [0.5, 0.6) is 11.5 Å². The number of hydrogen-bond acceptors (Lipinski definition) is 6. The molecule has 1 rings (SSSR count). The summed E-state index contributed by atoms with van der Waals surface area (Å²) in [4.78, 5) is 11.5. The van der Waals surface area contributed by atoms with E-state index in [2.05, 4.69) is 10.5 Å². The Morgan fingerprint density at radius 3 is 2.12 bits per heavy atom. The number of rotatable bonds is 10. The molecule has 0 aliphatic carbocycles. The number of carbonyl (C=O) groups is 1. The normalized spacial score (nSPS) is 11.0. The average molecular weight is 406 g/mol. The molecule has 0 spiro atoms. The van der Waals surface area contributed by atoms with Gasteiger partial charge in [-0.2, -0.15) is 0 Å². The molecular weight excluding hydrogens is 382 g/mol. The lowest BCUT2D eigenvalue weighted by atomic mass is 10.2. The monoisotopic (exact) mass is 405 g/mol. The first-order valence-corrected chi connectivity index (χ1v) is 8.78. The molecule has 0 bridgehead atoms. The molecular formula is C16H24BCl2N2O5. The van der Waals surface area contributed by atoms with Crippen molar-refractivity contribution in [2.45, 2.75) is 26.4 Å². The molecule has 0 unspecified atom stereocenters. The summed E-state index contributed by atoms with van der Waals surface area (Å²) in [5.41, 5.74) is -0.547. The maximum absolute atomic E-state index is 11.5. The van der Waals surface area contributed by atoms with Crippen molar-refractivity contribution < 1.29 is 23.7 Å². The number of alkyl carbamates (subject to hydrolysis) is 1. The second-order valence-corrected chi connectivity index (χ2v) is 6.96. The van der Waals surface area contributed by atoms with E-state index in [1.165, 1.54) is 7.62 Å². The Morgan fingerprint density at radius 2 is 1.62 bits per heavy atom. The van der Waals surface area contributed by atoms with Crippen molar-refractivity contribution in [2.24, 2.45) is 0 Å². The molecule has 10 heteroatoms. The van der Waals surface area contributed by atoms with Gasteiger partial charge in [0.2, 0.25) is 0 Å². The number of carbonyl (C=O) groups excluding carboxylic acids is 1. The van der Waals surface area contributed by atoms with E-state index in [9.17, 15) is 4.79 Å². The van der Waals surface area contributed by atoms with Gasteiger partial charge < -0.3 is 29.4 Å². The topological polar surface area (TPSA) is 78.0 Å². The molecule has 2 N–H and O–H groups in total. The highest BCUT2D eigenvalue weighted by atomic mass is 35.5. The van der Waals surface area contributed by atoms with Crippen LogP contribution in [0.1, 0.15) is 20.8 Å². The number of ether oxygens (including phenoxy) is 3. The Bertz CT molecular complexity index is 584. The van der Waals surface area contributed by atoms with E-state index < -0.39 is 11.7 Å². The van der Waals surface area contributed by atoms with Gasteiger partial charge in [-0.3, -0.25) is 0 Å². The minimum absolute atomic E-state index is 0.215. The zero-order valence-electron chi connectivity index (χ0n) is 15.4. The van der Waals surface area contributed by atoms with Gasteiger partial charge in [-0.25, -0.2) is 4.79 Å². The number of amides is 1. The lowest BCUT2D eigenvalue weighted by molar-refractivity contribution is 0.0520. The quantitative estimate of drug-likeness (QED) is 0.460. The third kappa shape index (κ3) is 9.38. The Labute approximate surface area is 164 Å². The zero-order chi connectivity index (χ0) is 19.6. The second kappa shape index (κ2) is 11.4. The molecule has 1 amide bonds. The van der Waals surface area contributed by atoms with Crippen LogP contribution >= 0.6 is 23.2 Å². The fourth-order valence-electron chi connectivity index (χ4n) is 1.72. The van der Waals surface area contributed by atoms with Gasteiger partial charge in [0.1, 0.15) is 23.7 Å². The van der Waals surface area contributed by atoms with Gasteiger partial charge in [0.05, 0.1) is 23.2 Å². The smallest absolute Gasteiger partial charge is 0.407 e. The zero-order valence-corrected chi connectivity index (χ0v) is 16.9.